The van der Waals surface area contributed by atoms with E-state index in [0.717, 1.165) is 31.5 Å². The third-order valence-corrected chi connectivity index (χ3v) is 5.30. The highest BCUT2D eigenvalue weighted by Crippen LogP contribution is 2.22. The Morgan fingerprint density at radius 2 is 1.97 bits per heavy atom. The zero-order chi connectivity index (χ0) is 20.2. The van der Waals surface area contributed by atoms with Crippen LogP contribution in [0.25, 0.3) is 11.4 Å². The molecule has 1 aliphatic rings. The number of benzene rings is 1. The van der Waals surface area contributed by atoms with Gasteiger partial charge in [0.2, 0.25) is 17.6 Å². The van der Waals surface area contributed by atoms with E-state index in [9.17, 15) is 4.79 Å². The second kappa shape index (κ2) is 8.71. The van der Waals surface area contributed by atoms with Crippen LogP contribution in [0.5, 0.6) is 0 Å². The van der Waals surface area contributed by atoms with Crippen LogP contribution >= 0.6 is 11.6 Å². The number of amides is 1. The van der Waals surface area contributed by atoms with Crippen molar-refractivity contribution in [3.63, 3.8) is 0 Å². The van der Waals surface area contributed by atoms with Gasteiger partial charge >= 0.3 is 0 Å². The van der Waals surface area contributed by atoms with Crippen molar-refractivity contribution in [3.05, 3.63) is 59.1 Å². The second-order valence-electron chi connectivity index (χ2n) is 7.28. The average Bonchev–Trinajstić information content (AvgIpc) is 3.19. The molecule has 0 radical (unpaired) electrons. The Bertz CT molecular complexity index is 963. The summed E-state index contributed by atoms with van der Waals surface area (Å²) in [5, 5.41) is 7.49. The highest BCUT2D eigenvalue weighted by molar-refractivity contribution is 6.30. The number of anilines is 1. The molecule has 1 saturated heterocycles. The lowest BCUT2D eigenvalue weighted by molar-refractivity contribution is -0.121. The lowest BCUT2D eigenvalue weighted by atomic mass is 9.96. The van der Waals surface area contributed by atoms with Crippen molar-refractivity contribution in [2.45, 2.75) is 26.3 Å². The van der Waals surface area contributed by atoms with E-state index in [1.54, 1.807) is 12.1 Å². The molecule has 1 aliphatic heterocycles. The SMILES string of the molecule is Cc1ccc(-c2noc(CN3CCC(C(=O)Nc4ccc(Cl)cn4)CC3)n2)cc1. The first-order chi connectivity index (χ1) is 14.1. The largest absolute Gasteiger partial charge is 0.338 e. The molecule has 2 aromatic heterocycles. The number of nitrogens with zero attached hydrogens (tertiary/aromatic N) is 4. The first-order valence-corrected chi connectivity index (χ1v) is 9.99. The van der Waals surface area contributed by atoms with Crippen LogP contribution in [0.1, 0.15) is 24.3 Å². The molecule has 3 aromatic rings. The molecular formula is C21H22ClN5O2. The molecular weight excluding hydrogens is 390 g/mol. The average molecular weight is 412 g/mol. The summed E-state index contributed by atoms with van der Waals surface area (Å²) in [6.07, 6.45) is 3.08. The molecule has 3 heterocycles. The number of carbonyl (C=O) groups is 1. The van der Waals surface area contributed by atoms with Gasteiger partial charge in [-0.2, -0.15) is 4.98 Å². The van der Waals surface area contributed by atoms with Crippen LogP contribution in [-0.2, 0) is 11.3 Å². The van der Waals surface area contributed by atoms with E-state index in [4.69, 9.17) is 16.1 Å². The third kappa shape index (κ3) is 4.99. The van der Waals surface area contributed by atoms with Gasteiger partial charge in [-0.1, -0.05) is 46.6 Å². The quantitative estimate of drug-likeness (QED) is 0.684. The van der Waals surface area contributed by atoms with E-state index in [1.807, 2.05) is 31.2 Å². The Kier molecular flexibility index (Phi) is 5.87. The van der Waals surface area contributed by atoms with E-state index < -0.39 is 0 Å². The summed E-state index contributed by atoms with van der Waals surface area (Å²) in [4.78, 5) is 23.3. The summed E-state index contributed by atoms with van der Waals surface area (Å²) in [6.45, 7) is 4.23. The molecule has 0 unspecified atom stereocenters. The molecule has 150 valence electrons. The van der Waals surface area contributed by atoms with Gasteiger partial charge in [-0.15, -0.1) is 0 Å². The van der Waals surface area contributed by atoms with Gasteiger partial charge in [0.15, 0.2) is 0 Å². The number of rotatable bonds is 5. The summed E-state index contributed by atoms with van der Waals surface area (Å²) in [5.74, 6) is 1.68. The Morgan fingerprint density at radius 1 is 1.21 bits per heavy atom. The number of hydrogen-bond donors (Lipinski definition) is 1. The Labute approximate surface area is 174 Å². The predicted molar refractivity (Wildman–Crippen MR) is 110 cm³/mol. The minimum atomic E-state index is -0.0328. The zero-order valence-electron chi connectivity index (χ0n) is 16.1. The molecule has 7 nitrogen and oxygen atoms in total. The predicted octanol–water partition coefficient (Wildman–Crippen LogP) is 3.94. The Morgan fingerprint density at radius 3 is 2.66 bits per heavy atom. The molecule has 29 heavy (non-hydrogen) atoms. The number of carbonyl (C=O) groups excluding carboxylic acids is 1. The van der Waals surface area contributed by atoms with Gasteiger partial charge < -0.3 is 9.84 Å². The molecule has 1 N–H and O–H groups in total. The molecule has 8 heteroatoms. The maximum atomic E-state index is 12.5. The van der Waals surface area contributed by atoms with E-state index in [-0.39, 0.29) is 11.8 Å². The number of hydrogen-bond acceptors (Lipinski definition) is 6. The Balaban J connectivity index is 1.28. The summed E-state index contributed by atoms with van der Waals surface area (Å²) in [6, 6.07) is 11.5. The zero-order valence-corrected chi connectivity index (χ0v) is 16.9. The van der Waals surface area contributed by atoms with E-state index in [2.05, 4.69) is 25.3 Å². The van der Waals surface area contributed by atoms with Crippen LogP contribution in [0.15, 0.2) is 47.1 Å². The van der Waals surface area contributed by atoms with Crippen LogP contribution in [0.3, 0.4) is 0 Å². The van der Waals surface area contributed by atoms with Crippen molar-refractivity contribution >= 4 is 23.3 Å². The summed E-state index contributed by atoms with van der Waals surface area (Å²) in [5.41, 5.74) is 2.13. The number of pyridine rings is 1. The van der Waals surface area contributed by atoms with E-state index in [1.165, 1.54) is 11.8 Å². The van der Waals surface area contributed by atoms with Crippen molar-refractivity contribution in [2.24, 2.45) is 5.92 Å². The van der Waals surface area contributed by atoms with Crippen molar-refractivity contribution in [1.82, 2.24) is 20.0 Å². The van der Waals surface area contributed by atoms with Crippen molar-refractivity contribution in [2.75, 3.05) is 18.4 Å². The first kappa shape index (κ1) is 19.5. The number of halogens is 1. The van der Waals surface area contributed by atoms with E-state index in [0.29, 0.717) is 29.1 Å². The number of nitrogens with one attached hydrogen (secondary N) is 1. The standard InChI is InChI=1S/C21H22ClN5O2/c1-14-2-4-15(5-3-14)20-25-19(29-26-20)13-27-10-8-16(9-11-27)21(28)24-18-7-6-17(22)12-23-18/h2-7,12,16H,8-11,13H2,1H3,(H,23,24,28). The van der Waals surface area contributed by atoms with Crippen LogP contribution in [0.2, 0.25) is 5.02 Å². The minimum absolute atomic E-state index is 0.001000. The fourth-order valence-corrected chi connectivity index (χ4v) is 3.47. The van der Waals surface area contributed by atoms with Gasteiger partial charge in [-0.3, -0.25) is 9.69 Å². The molecule has 0 saturated carbocycles. The van der Waals surface area contributed by atoms with Crippen molar-refractivity contribution < 1.29 is 9.32 Å². The van der Waals surface area contributed by atoms with Gasteiger partial charge in [0, 0.05) is 17.7 Å². The van der Waals surface area contributed by atoms with Gasteiger partial charge in [-0.25, -0.2) is 4.98 Å². The van der Waals surface area contributed by atoms with Crippen LogP contribution in [-0.4, -0.2) is 39.0 Å². The molecule has 0 spiro atoms. The van der Waals surface area contributed by atoms with Gasteiger partial charge in [-0.05, 0) is 45.0 Å². The Hall–Kier alpha value is -2.77. The van der Waals surface area contributed by atoms with E-state index >= 15 is 0 Å². The smallest absolute Gasteiger partial charge is 0.241 e. The molecule has 1 fully saturated rings. The molecule has 1 aromatic carbocycles. The highest BCUT2D eigenvalue weighted by Gasteiger charge is 2.26. The topological polar surface area (TPSA) is 84.2 Å². The van der Waals surface area contributed by atoms with Gasteiger partial charge in [0.05, 0.1) is 11.6 Å². The number of piperidine rings is 1. The first-order valence-electron chi connectivity index (χ1n) is 9.61. The maximum absolute atomic E-state index is 12.5. The fraction of sp³-hybridized carbons (Fsp3) is 0.333. The second-order valence-corrected chi connectivity index (χ2v) is 7.72. The van der Waals surface area contributed by atoms with Crippen molar-refractivity contribution in [3.8, 4) is 11.4 Å². The lowest BCUT2D eigenvalue weighted by Crippen LogP contribution is -2.37. The normalized spacial score (nSPS) is 15.4. The summed E-state index contributed by atoms with van der Waals surface area (Å²) in [7, 11) is 0. The third-order valence-electron chi connectivity index (χ3n) is 5.07. The number of likely N-dealkylation sites (tertiary alicyclic amines) is 1. The number of aromatic nitrogens is 3. The van der Waals surface area contributed by atoms with Crippen LogP contribution < -0.4 is 5.32 Å². The minimum Gasteiger partial charge on any atom is -0.338 e. The molecule has 0 bridgehead atoms. The lowest BCUT2D eigenvalue weighted by Gasteiger charge is -2.30. The van der Waals surface area contributed by atoms with Gasteiger partial charge in [0.1, 0.15) is 5.82 Å². The highest BCUT2D eigenvalue weighted by atomic mass is 35.5. The monoisotopic (exact) mass is 411 g/mol. The molecule has 1 amide bonds. The fourth-order valence-electron chi connectivity index (χ4n) is 3.36. The van der Waals surface area contributed by atoms with Crippen LogP contribution in [0.4, 0.5) is 5.82 Å². The van der Waals surface area contributed by atoms with Crippen molar-refractivity contribution in [1.29, 1.82) is 0 Å². The summed E-state index contributed by atoms with van der Waals surface area (Å²) < 4.78 is 5.41. The summed E-state index contributed by atoms with van der Waals surface area (Å²) >= 11 is 5.82. The van der Waals surface area contributed by atoms with Gasteiger partial charge in [0.25, 0.3) is 0 Å². The van der Waals surface area contributed by atoms with Crippen LogP contribution in [0, 0.1) is 12.8 Å². The maximum Gasteiger partial charge on any atom is 0.241 e. The molecule has 0 aliphatic carbocycles. The number of aryl methyl sites for hydroxylation is 1. The molecule has 0 atom stereocenters. The molecule has 4 rings (SSSR count).